The van der Waals surface area contributed by atoms with Crippen LogP contribution in [0, 0.1) is 17.6 Å². The van der Waals surface area contributed by atoms with Gasteiger partial charge in [0.1, 0.15) is 23.4 Å². The number of anilines is 1. The molecule has 0 aliphatic heterocycles. The summed E-state index contributed by atoms with van der Waals surface area (Å²) in [6.07, 6.45) is -5.64. The summed E-state index contributed by atoms with van der Waals surface area (Å²) in [5, 5.41) is 5.70. The number of ether oxygens (including phenoxy) is 1. The van der Waals surface area contributed by atoms with Crippen LogP contribution >= 0.6 is 0 Å². The fraction of sp³-hybridized carbons (Fsp3) is 0.375. The van der Waals surface area contributed by atoms with E-state index in [1.807, 2.05) is 0 Å². The molecule has 2 rings (SSSR count). The number of carbonyl (C=O) groups is 1. The van der Waals surface area contributed by atoms with Gasteiger partial charge in [0.05, 0.1) is 12.2 Å². The molecule has 0 radical (unpaired) electrons. The van der Waals surface area contributed by atoms with Gasteiger partial charge in [-0.15, -0.1) is 0 Å². The molecule has 2 aromatic rings. The van der Waals surface area contributed by atoms with E-state index in [2.05, 4.69) is 10.4 Å². The van der Waals surface area contributed by atoms with Gasteiger partial charge in [0.2, 0.25) is 0 Å². The first-order valence-electron chi connectivity index (χ1n) is 7.59. The monoisotopic (exact) mass is 377 g/mol. The largest absolute Gasteiger partial charge is 0.444 e. The maximum absolute atomic E-state index is 13.5. The second-order valence-corrected chi connectivity index (χ2v) is 5.83. The van der Waals surface area contributed by atoms with Gasteiger partial charge in [-0.05, 0) is 24.1 Å². The summed E-state index contributed by atoms with van der Waals surface area (Å²) in [7, 11) is 0. The lowest BCUT2D eigenvalue weighted by Gasteiger charge is -2.23. The lowest BCUT2D eigenvalue weighted by molar-refractivity contribution is -0.144. The molecule has 0 saturated heterocycles. The number of hydrogen-bond acceptors (Lipinski definition) is 3. The minimum Gasteiger partial charge on any atom is -0.444 e. The molecule has 1 atom stereocenters. The lowest BCUT2D eigenvalue weighted by atomic mass is 10.1. The minimum atomic E-state index is -4.60. The molecule has 1 aromatic heterocycles. The number of hydrogen-bond donors (Lipinski definition) is 1. The van der Waals surface area contributed by atoms with Crippen LogP contribution in [0.4, 0.5) is 32.4 Å². The first-order chi connectivity index (χ1) is 12.1. The Balaban J connectivity index is 2.09. The van der Waals surface area contributed by atoms with Crippen molar-refractivity contribution < 1.29 is 31.5 Å². The van der Waals surface area contributed by atoms with Gasteiger partial charge in [0, 0.05) is 12.3 Å². The van der Waals surface area contributed by atoms with Crippen molar-refractivity contribution in [2.24, 2.45) is 5.92 Å². The van der Waals surface area contributed by atoms with Crippen molar-refractivity contribution in [2.45, 2.75) is 32.7 Å². The van der Waals surface area contributed by atoms with Gasteiger partial charge in [-0.25, -0.2) is 13.6 Å². The van der Waals surface area contributed by atoms with Gasteiger partial charge in [-0.3, -0.25) is 10.00 Å². The number of amides is 1. The molecule has 5 nitrogen and oxygen atoms in total. The van der Waals surface area contributed by atoms with Crippen LogP contribution in [-0.4, -0.2) is 22.0 Å². The molecule has 142 valence electrons. The first-order valence-corrected chi connectivity index (χ1v) is 7.59. The van der Waals surface area contributed by atoms with Crippen LogP contribution in [-0.2, 0) is 17.5 Å². The van der Waals surface area contributed by atoms with E-state index in [1.54, 1.807) is 13.8 Å². The molecule has 10 heteroatoms. The standard InChI is InChI=1S/C16H16F5N3O2/c1-9(2)13(8-24-14(5-6-22-24)16(19,20)21)26-15(25)23-12-4-3-10(17)7-11(12)18/h3-7,9,13H,8H2,1-2H3,(H,23,25)/t13-/m0/s1. The van der Waals surface area contributed by atoms with E-state index in [-0.39, 0.29) is 18.2 Å². The summed E-state index contributed by atoms with van der Waals surface area (Å²) in [5.74, 6) is -2.17. The first kappa shape index (κ1) is 19.7. The van der Waals surface area contributed by atoms with Crippen LogP contribution in [0.25, 0.3) is 0 Å². The van der Waals surface area contributed by atoms with Gasteiger partial charge in [-0.2, -0.15) is 18.3 Å². The van der Waals surface area contributed by atoms with Crippen molar-refractivity contribution in [3.8, 4) is 0 Å². The molecule has 0 unspecified atom stereocenters. The fourth-order valence-corrected chi connectivity index (χ4v) is 2.14. The Morgan fingerprint density at radius 3 is 2.54 bits per heavy atom. The number of nitrogens with one attached hydrogen (secondary N) is 1. The minimum absolute atomic E-state index is 0.311. The van der Waals surface area contributed by atoms with Crippen LogP contribution < -0.4 is 5.32 Å². The molecule has 1 heterocycles. The van der Waals surface area contributed by atoms with Crippen molar-refractivity contribution in [3.63, 3.8) is 0 Å². The Morgan fingerprint density at radius 1 is 1.27 bits per heavy atom. The van der Waals surface area contributed by atoms with Crippen LogP contribution in [0.5, 0.6) is 0 Å². The third-order valence-electron chi connectivity index (χ3n) is 3.53. The Kier molecular flexibility index (Phi) is 5.83. The van der Waals surface area contributed by atoms with Crippen molar-refractivity contribution >= 4 is 11.8 Å². The number of aromatic nitrogens is 2. The highest BCUT2D eigenvalue weighted by molar-refractivity contribution is 5.84. The van der Waals surface area contributed by atoms with Crippen LogP contribution in [0.3, 0.4) is 0 Å². The van der Waals surface area contributed by atoms with E-state index in [0.29, 0.717) is 10.7 Å². The molecule has 0 aliphatic rings. The Hall–Kier alpha value is -2.65. The summed E-state index contributed by atoms with van der Waals surface area (Å²) in [4.78, 5) is 11.9. The molecule has 1 aromatic carbocycles. The third-order valence-corrected chi connectivity index (χ3v) is 3.53. The quantitative estimate of drug-likeness (QED) is 0.783. The molecule has 1 N–H and O–H groups in total. The van der Waals surface area contributed by atoms with E-state index in [4.69, 9.17) is 4.74 Å². The number of rotatable bonds is 5. The molecular weight excluding hydrogens is 361 g/mol. The van der Waals surface area contributed by atoms with E-state index in [1.165, 1.54) is 0 Å². The topological polar surface area (TPSA) is 56.2 Å². The number of benzene rings is 1. The van der Waals surface area contributed by atoms with Gasteiger partial charge < -0.3 is 4.74 Å². The number of alkyl halides is 3. The lowest BCUT2D eigenvalue weighted by Crippen LogP contribution is -2.32. The highest BCUT2D eigenvalue weighted by atomic mass is 19.4. The van der Waals surface area contributed by atoms with Gasteiger partial charge in [-0.1, -0.05) is 13.8 Å². The smallest absolute Gasteiger partial charge is 0.433 e. The number of carbonyl (C=O) groups excluding carboxylic acids is 1. The van der Waals surface area contributed by atoms with Crippen molar-refractivity contribution in [2.75, 3.05) is 5.32 Å². The average molecular weight is 377 g/mol. The second kappa shape index (κ2) is 7.71. The Labute approximate surface area is 145 Å². The van der Waals surface area contributed by atoms with Gasteiger partial charge in [0.25, 0.3) is 0 Å². The van der Waals surface area contributed by atoms with Crippen LogP contribution in [0.2, 0.25) is 0 Å². The molecule has 0 bridgehead atoms. The second-order valence-electron chi connectivity index (χ2n) is 5.83. The maximum atomic E-state index is 13.5. The molecule has 0 aliphatic carbocycles. The highest BCUT2D eigenvalue weighted by Gasteiger charge is 2.35. The molecule has 1 amide bonds. The zero-order valence-electron chi connectivity index (χ0n) is 13.8. The van der Waals surface area contributed by atoms with Crippen LogP contribution in [0.15, 0.2) is 30.5 Å². The summed E-state index contributed by atoms with van der Waals surface area (Å²) < 4.78 is 70.9. The van der Waals surface area contributed by atoms with Crippen LogP contribution in [0.1, 0.15) is 19.5 Å². The Morgan fingerprint density at radius 2 is 1.96 bits per heavy atom. The predicted molar refractivity (Wildman–Crippen MR) is 82.3 cm³/mol. The Bertz CT molecular complexity index is 773. The summed E-state index contributed by atoms with van der Waals surface area (Å²) in [5.41, 5.74) is -1.29. The van der Waals surface area contributed by atoms with Crippen molar-refractivity contribution in [3.05, 3.63) is 47.8 Å². The summed E-state index contributed by atoms with van der Waals surface area (Å²) in [6, 6.07) is 3.34. The van der Waals surface area contributed by atoms with E-state index in [0.717, 1.165) is 24.4 Å². The third kappa shape index (κ3) is 4.93. The van der Waals surface area contributed by atoms with Gasteiger partial charge in [0.15, 0.2) is 0 Å². The summed E-state index contributed by atoms with van der Waals surface area (Å²) in [6.45, 7) is 2.96. The molecular formula is C16H16F5N3O2. The van der Waals surface area contributed by atoms with E-state index in [9.17, 15) is 26.7 Å². The fourth-order valence-electron chi connectivity index (χ4n) is 2.14. The molecule has 0 saturated carbocycles. The summed E-state index contributed by atoms with van der Waals surface area (Å²) >= 11 is 0. The number of halogens is 5. The molecule has 0 spiro atoms. The highest BCUT2D eigenvalue weighted by Crippen LogP contribution is 2.29. The van der Waals surface area contributed by atoms with E-state index >= 15 is 0 Å². The predicted octanol–water partition coefficient (Wildman–Crippen LogP) is 4.45. The van der Waals surface area contributed by atoms with Gasteiger partial charge >= 0.3 is 12.3 Å². The zero-order chi connectivity index (χ0) is 19.5. The molecule has 0 fully saturated rings. The van der Waals surface area contributed by atoms with E-state index < -0.39 is 35.7 Å². The molecule has 26 heavy (non-hydrogen) atoms. The average Bonchev–Trinajstić information content (AvgIpc) is 2.98. The zero-order valence-corrected chi connectivity index (χ0v) is 13.8. The normalized spacial score (nSPS) is 12.9. The number of nitrogens with zero attached hydrogens (tertiary/aromatic N) is 2. The van der Waals surface area contributed by atoms with Crippen molar-refractivity contribution in [1.29, 1.82) is 0 Å². The maximum Gasteiger partial charge on any atom is 0.433 e. The van der Waals surface area contributed by atoms with Crippen molar-refractivity contribution in [1.82, 2.24) is 9.78 Å². The SMILES string of the molecule is CC(C)[C@H](Cn1nccc1C(F)(F)F)OC(=O)Nc1ccc(F)cc1F.